The van der Waals surface area contributed by atoms with Gasteiger partial charge >= 0.3 is 12.1 Å². The monoisotopic (exact) mass is 205 g/mol. The molecule has 0 rings (SSSR count). The van der Waals surface area contributed by atoms with Gasteiger partial charge in [-0.2, -0.15) is 0 Å². The number of carbonyl (C=O) groups is 2. The number of carboxylic acids is 1. The second kappa shape index (κ2) is 4.80. The molecule has 0 heterocycles. The topological polar surface area (TPSA) is 95.9 Å². The third-order valence-corrected chi connectivity index (χ3v) is 1.28. The number of hydrogen-bond acceptors (Lipinski definition) is 3. The molecule has 0 spiro atoms. The number of hydrogen-bond donors (Lipinski definition) is 3. The molecular formula is C8H15NO5. The van der Waals surface area contributed by atoms with Crippen LogP contribution < -0.4 is 5.32 Å². The zero-order valence-electron chi connectivity index (χ0n) is 8.40. The Morgan fingerprint density at radius 2 is 1.86 bits per heavy atom. The molecule has 6 heteroatoms. The van der Waals surface area contributed by atoms with Crippen molar-refractivity contribution in [3.63, 3.8) is 0 Å². The predicted molar refractivity (Wildman–Crippen MR) is 48.3 cm³/mol. The maximum atomic E-state index is 10.5. The van der Waals surface area contributed by atoms with Crippen LogP contribution in [-0.2, 0) is 9.53 Å². The van der Waals surface area contributed by atoms with Crippen LogP contribution in [0.5, 0.6) is 0 Å². The van der Waals surface area contributed by atoms with Crippen molar-refractivity contribution in [2.24, 2.45) is 0 Å². The molecule has 0 bridgehead atoms. The van der Waals surface area contributed by atoms with Crippen LogP contribution in [0.25, 0.3) is 0 Å². The molecule has 0 fully saturated rings. The maximum Gasteiger partial charge on any atom is 0.405 e. The van der Waals surface area contributed by atoms with Crippen LogP contribution in [0.2, 0.25) is 0 Å². The van der Waals surface area contributed by atoms with Crippen molar-refractivity contribution < 1.29 is 24.5 Å². The van der Waals surface area contributed by atoms with E-state index in [0.29, 0.717) is 0 Å². The molecule has 0 saturated heterocycles. The second-order valence-electron chi connectivity index (χ2n) is 3.76. The first-order chi connectivity index (χ1) is 6.22. The van der Waals surface area contributed by atoms with E-state index in [2.05, 4.69) is 0 Å². The van der Waals surface area contributed by atoms with Gasteiger partial charge in [0, 0.05) is 0 Å². The van der Waals surface area contributed by atoms with Gasteiger partial charge in [-0.05, 0) is 20.8 Å². The summed E-state index contributed by atoms with van der Waals surface area (Å²) in [4.78, 5) is 20.8. The number of ether oxygens (including phenoxy) is 1. The number of carboxylic acid groups (broad SMARTS) is 2. The van der Waals surface area contributed by atoms with Gasteiger partial charge in [-0.1, -0.05) is 0 Å². The van der Waals surface area contributed by atoms with Crippen molar-refractivity contribution in [1.29, 1.82) is 0 Å². The van der Waals surface area contributed by atoms with E-state index in [1.807, 2.05) is 5.32 Å². The van der Waals surface area contributed by atoms with Crippen LogP contribution in [0.4, 0.5) is 4.79 Å². The fraction of sp³-hybridized carbons (Fsp3) is 0.750. The minimum Gasteiger partial charge on any atom is -0.480 e. The highest BCUT2D eigenvalue weighted by Gasteiger charge is 2.22. The van der Waals surface area contributed by atoms with E-state index in [1.54, 1.807) is 20.8 Å². The zero-order chi connectivity index (χ0) is 11.4. The molecule has 0 aromatic rings. The van der Waals surface area contributed by atoms with Gasteiger partial charge in [0.25, 0.3) is 0 Å². The van der Waals surface area contributed by atoms with E-state index in [0.717, 1.165) is 0 Å². The molecule has 14 heavy (non-hydrogen) atoms. The average molecular weight is 205 g/mol. The van der Waals surface area contributed by atoms with Gasteiger partial charge in [-0.25, -0.2) is 9.59 Å². The van der Waals surface area contributed by atoms with Crippen molar-refractivity contribution >= 4 is 12.1 Å². The third-order valence-electron chi connectivity index (χ3n) is 1.28. The van der Waals surface area contributed by atoms with Crippen LogP contribution in [0.3, 0.4) is 0 Å². The first-order valence-corrected chi connectivity index (χ1v) is 4.08. The average Bonchev–Trinajstić information content (AvgIpc) is 1.94. The van der Waals surface area contributed by atoms with Gasteiger partial charge in [-0.3, -0.25) is 0 Å². The predicted octanol–water partition coefficient (Wildman–Crippen LogP) is 0.522. The Morgan fingerprint density at radius 3 is 2.14 bits per heavy atom. The Labute approximate surface area is 81.9 Å². The van der Waals surface area contributed by atoms with Gasteiger partial charge < -0.3 is 20.3 Å². The standard InChI is InChI=1S/C8H15NO5/c1-8(2,3)14-4-5(6(10)11)9-7(12)13/h5,9H,4H2,1-3H3,(H,10,11)(H,12,13). The van der Waals surface area contributed by atoms with Crippen LogP contribution in [-0.4, -0.2) is 40.5 Å². The normalized spacial score (nSPS) is 13.4. The zero-order valence-corrected chi connectivity index (χ0v) is 8.40. The number of amides is 1. The van der Waals surface area contributed by atoms with E-state index in [9.17, 15) is 9.59 Å². The summed E-state index contributed by atoms with van der Waals surface area (Å²) in [7, 11) is 0. The smallest absolute Gasteiger partial charge is 0.405 e. The summed E-state index contributed by atoms with van der Waals surface area (Å²) < 4.78 is 5.15. The van der Waals surface area contributed by atoms with E-state index >= 15 is 0 Å². The van der Waals surface area contributed by atoms with Crippen LogP contribution in [0, 0.1) is 0 Å². The SMILES string of the molecule is CC(C)(C)OCC(NC(=O)O)C(=O)O. The fourth-order valence-corrected chi connectivity index (χ4v) is 0.657. The van der Waals surface area contributed by atoms with Crippen molar-refractivity contribution in [2.75, 3.05) is 6.61 Å². The maximum absolute atomic E-state index is 10.5. The van der Waals surface area contributed by atoms with Gasteiger partial charge in [0.15, 0.2) is 6.04 Å². The van der Waals surface area contributed by atoms with Gasteiger partial charge in [0.2, 0.25) is 0 Å². The molecule has 1 amide bonds. The van der Waals surface area contributed by atoms with Crippen LogP contribution in [0.15, 0.2) is 0 Å². The molecule has 3 N–H and O–H groups in total. The van der Waals surface area contributed by atoms with E-state index in [-0.39, 0.29) is 6.61 Å². The molecule has 82 valence electrons. The minimum absolute atomic E-state index is 0.189. The summed E-state index contributed by atoms with van der Waals surface area (Å²) in [6, 6.07) is -1.23. The number of aliphatic carboxylic acids is 1. The van der Waals surface area contributed by atoms with Crippen molar-refractivity contribution in [3.8, 4) is 0 Å². The lowest BCUT2D eigenvalue weighted by molar-refractivity contribution is -0.142. The largest absolute Gasteiger partial charge is 0.480 e. The fourth-order valence-electron chi connectivity index (χ4n) is 0.657. The van der Waals surface area contributed by atoms with E-state index < -0.39 is 23.7 Å². The lowest BCUT2D eigenvalue weighted by Crippen LogP contribution is -2.44. The molecule has 0 aliphatic carbocycles. The van der Waals surface area contributed by atoms with E-state index in [1.165, 1.54) is 0 Å². The highest BCUT2D eigenvalue weighted by atomic mass is 16.5. The van der Waals surface area contributed by atoms with Crippen molar-refractivity contribution in [2.45, 2.75) is 32.4 Å². The number of nitrogens with one attached hydrogen (secondary N) is 1. The molecule has 0 aliphatic heterocycles. The Bertz CT molecular complexity index is 220. The Kier molecular flexibility index (Phi) is 4.36. The summed E-state index contributed by atoms with van der Waals surface area (Å²) in [6.45, 7) is 5.08. The molecule has 0 saturated carbocycles. The molecule has 6 nitrogen and oxygen atoms in total. The van der Waals surface area contributed by atoms with Crippen molar-refractivity contribution in [3.05, 3.63) is 0 Å². The number of rotatable bonds is 4. The molecule has 0 aliphatic rings. The first kappa shape index (κ1) is 12.7. The molecule has 0 aromatic carbocycles. The molecule has 1 unspecified atom stereocenters. The summed E-state index contributed by atoms with van der Waals surface area (Å²) >= 11 is 0. The molecule has 0 radical (unpaired) electrons. The highest BCUT2D eigenvalue weighted by Crippen LogP contribution is 2.07. The molecule has 0 aromatic heterocycles. The highest BCUT2D eigenvalue weighted by molar-refractivity contribution is 5.79. The summed E-state index contributed by atoms with van der Waals surface area (Å²) in [5, 5.41) is 18.8. The molecular weight excluding hydrogens is 190 g/mol. The third kappa shape index (κ3) is 6.24. The lowest BCUT2D eigenvalue weighted by Gasteiger charge is -2.22. The summed E-state index contributed by atoms with van der Waals surface area (Å²) in [6.07, 6.45) is -1.38. The summed E-state index contributed by atoms with van der Waals surface area (Å²) in [5.41, 5.74) is -0.492. The van der Waals surface area contributed by atoms with Gasteiger partial charge in [0.1, 0.15) is 0 Å². The Balaban J connectivity index is 4.11. The quantitative estimate of drug-likeness (QED) is 0.621. The second-order valence-corrected chi connectivity index (χ2v) is 3.76. The van der Waals surface area contributed by atoms with Gasteiger partial charge in [0.05, 0.1) is 12.2 Å². The van der Waals surface area contributed by atoms with Crippen molar-refractivity contribution in [1.82, 2.24) is 5.32 Å². The lowest BCUT2D eigenvalue weighted by atomic mass is 10.2. The first-order valence-electron chi connectivity index (χ1n) is 4.08. The van der Waals surface area contributed by atoms with Gasteiger partial charge in [-0.15, -0.1) is 0 Å². The minimum atomic E-state index is -1.38. The van der Waals surface area contributed by atoms with E-state index in [4.69, 9.17) is 14.9 Å². The molecule has 1 atom stereocenters. The summed E-state index contributed by atoms with van der Waals surface area (Å²) in [5.74, 6) is -1.25. The van der Waals surface area contributed by atoms with Crippen LogP contribution >= 0.6 is 0 Å². The Morgan fingerprint density at radius 1 is 1.36 bits per heavy atom. The van der Waals surface area contributed by atoms with Crippen LogP contribution in [0.1, 0.15) is 20.8 Å². The Hall–Kier alpha value is -1.30.